The molecule has 0 aliphatic heterocycles. The number of anilines is 1. The van der Waals surface area contributed by atoms with Gasteiger partial charge < -0.3 is 15.6 Å². The highest BCUT2D eigenvalue weighted by molar-refractivity contribution is 5.94. The molecule has 0 radical (unpaired) electrons. The van der Waals surface area contributed by atoms with E-state index < -0.39 is 17.5 Å². The highest BCUT2D eigenvalue weighted by atomic mass is 16.6. The molecule has 0 saturated heterocycles. The minimum absolute atomic E-state index is 0.00445. The van der Waals surface area contributed by atoms with E-state index in [1.54, 1.807) is 20.8 Å². The summed E-state index contributed by atoms with van der Waals surface area (Å²) in [6.07, 6.45) is 0. The van der Waals surface area contributed by atoms with Crippen LogP contribution in [0.15, 0.2) is 12.1 Å². The van der Waals surface area contributed by atoms with Crippen LogP contribution in [0.1, 0.15) is 41.7 Å². The van der Waals surface area contributed by atoms with Gasteiger partial charge in [0.15, 0.2) is 5.69 Å². The Morgan fingerprint density at radius 1 is 1.35 bits per heavy atom. The van der Waals surface area contributed by atoms with Crippen LogP contribution in [0.5, 0.6) is 0 Å². The van der Waals surface area contributed by atoms with Gasteiger partial charge in [-0.1, -0.05) is 0 Å². The number of hydrogen-bond acceptors (Lipinski definition) is 5. The number of esters is 1. The van der Waals surface area contributed by atoms with Gasteiger partial charge in [0, 0.05) is 0 Å². The average Bonchev–Trinajstić information content (AvgIpc) is 2.14. The molecule has 1 heterocycles. The molecule has 92 valence electrons. The summed E-state index contributed by atoms with van der Waals surface area (Å²) in [4.78, 5) is 26.1. The lowest BCUT2D eigenvalue weighted by molar-refractivity contribution is 0.00628. The van der Waals surface area contributed by atoms with Crippen LogP contribution in [-0.4, -0.2) is 27.6 Å². The summed E-state index contributed by atoms with van der Waals surface area (Å²) in [5.74, 6) is -1.96. The number of pyridine rings is 1. The van der Waals surface area contributed by atoms with Crippen LogP contribution in [-0.2, 0) is 4.74 Å². The largest absolute Gasteiger partial charge is 0.476 e. The van der Waals surface area contributed by atoms with Gasteiger partial charge in [0.2, 0.25) is 0 Å². The van der Waals surface area contributed by atoms with Gasteiger partial charge in [0.05, 0.1) is 5.69 Å². The van der Waals surface area contributed by atoms with Crippen LogP contribution in [0.4, 0.5) is 5.69 Å². The molecule has 0 aliphatic carbocycles. The van der Waals surface area contributed by atoms with Gasteiger partial charge in [-0.25, -0.2) is 14.6 Å². The number of carbonyl (C=O) groups excluding carboxylic acids is 1. The minimum Gasteiger partial charge on any atom is -0.476 e. The predicted octanol–water partition coefficient (Wildman–Crippen LogP) is 1.32. The molecule has 0 saturated carbocycles. The molecule has 0 spiro atoms. The molecule has 0 aromatic carbocycles. The van der Waals surface area contributed by atoms with Crippen molar-refractivity contribution < 1.29 is 19.4 Å². The topological polar surface area (TPSA) is 103 Å². The summed E-state index contributed by atoms with van der Waals surface area (Å²) in [7, 11) is 0. The monoisotopic (exact) mass is 238 g/mol. The summed E-state index contributed by atoms with van der Waals surface area (Å²) >= 11 is 0. The van der Waals surface area contributed by atoms with Gasteiger partial charge >= 0.3 is 11.9 Å². The maximum Gasteiger partial charge on any atom is 0.357 e. The molecule has 0 amide bonds. The number of aromatic carboxylic acids is 1. The highest BCUT2D eigenvalue weighted by Gasteiger charge is 2.21. The molecule has 0 unspecified atom stereocenters. The number of aromatic nitrogens is 1. The molecule has 17 heavy (non-hydrogen) atoms. The van der Waals surface area contributed by atoms with Crippen molar-refractivity contribution in [1.82, 2.24) is 4.98 Å². The second-order valence-corrected chi connectivity index (χ2v) is 4.44. The van der Waals surface area contributed by atoms with Crippen LogP contribution in [0.3, 0.4) is 0 Å². The molecule has 6 nitrogen and oxygen atoms in total. The number of rotatable bonds is 2. The SMILES string of the molecule is CC(C)(C)OC(=O)c1ccc(N)c(C(=O)O)n1. The lowest BCUT2D eigenvalue weighted by atomic mass is 10.2. The Kier molecular flexibility index (Phi) is 3.36. The summed E-state index contributed by atoms with van der Waals surface area (Å²) in [5.41, 5.74) is 4.33. The molecule has 1 aromatic heterocycles. The molecule has 6 heteroatoms. The average molecular weight is 238 g/mol. The first-order chi connectivity index (χ1) is 7.70. The number of carboxylic acid groups (broad SMARTS) is 1. The van der Waals surface area contributed by atoms with Crippen LogP contribution in [0.2, 0.25) is 0 Å². The van der Waals surface area contributed by atoms with Gasteiger partial charge in [-0.2, -0.15) is 0 Å². The van der Waals surface area contributed by atoms with E-state index in [0.717, 1.165) is 0 Å². The fourth-order valence-electron chi connectivity index (χ4n) is 1.09. The van der Waals surface area contributed by atoms with E-state index in [4.69, 9.17) is 15.6 Å². The van der Waals surface area contributed by atoms with Crippen molar-refractivity contribution in [3.05, 3.63) is 23.5 Å². The molecule has 1 aromatic rings. The standard InChI is InChI=1S/C11H14N2O4/c1-11(2,3)17-10(16)7-5-4-6(12)8(13-7)9(14)15/h4-5H,12H2,1-3H3,(H,14,15). The van der Waals surface area contributed by atoms with Crippen LogP contribution in [0.25, 0.3) is 0 Å². The molecular weight excluding hydrogens is 224 g/mol. The van der Waals surface area contributed by atoms with E-state index in [9.17, 15) is 9.59 Å². The normalized spacial score (nSPS) is 11.0. The van der Waals surface area contributed by atoms with Crippen molar-refractivity contribution in [1.29, 1.82) is 0 Å². The smallest absolute Gasteiger partial charge is 0.357 e. The number of nitrogen functional groups attached to an aromatic ring is 1. The van der Waals surface area contributed by atoms with E-state index in [1.165, 1.54) is 12.1 Å². The molecule has 0 bridgehead atoms. The Bertz CT molecular complexity index is 463. The zero-order chi connectivity index (χ0) is 13.2. The van der Waals surface area contributed by atoms with Crippen molar-refractivity contribution in [2.45, 2.75) is 26.4 Å². The second-order valence-electron chi connectivity index (χ2n) is 4.44. The van der Waals surface area contributed by atoms with E-state index in [-0.39, 0.29) is 17.1 Å². The Morgan fingerprint density at radius 3 is 2.41 bits per heavy atom. The van der Waals surface area contributed by atoms with Crippen LogP contribution >= 0.6 is 0 Å². The Balaban J connectivity index is 3.04. The molecule has 0 atom stereocenters. The fraction of sp³-hybridized carbons (Fsp3) is 0.364. The molecule has 1 rings (SSSR count). The number of ether oxygens (including phenoxy) is 1. The maximum atomic E-state index is 11.6. The third-order valence-electron chi connectivity index (χ3n) is 1.74. The Labute approximate surface area is 98.4 Å². The number of nitrogens with zero attached hydrogens (tertiary/aromatic N) is 1. The van der Waals surface area contributed by atoms with Gasteiger partial charge in [-0.3, -0.25) is 0 Å². The molecular formula is C11H14N2O4. The first kappa shape index (κ1) is 13.0. The summed E-state index contributed by atoms with van der Waals surface area (Å²) in [5, 5.41) is 8.81. The molecule has 3 N–H and O–H groups in total. The van der Waals surface area contributed by atoms with Gasteiger partial charge in [0.25, 0.3) is 0 Å². The van der Waals surface area contributed by atoms with Crippen molar-refractivity contribution in [3.8, 4) is 0 Å². The number of carboxylic acids is 1. The summed E-state index contributed by atoms with van der Waals surface area (Å²) in [6, 6.07) is 2.64. The predicted molar refractivity (Wildman–Crippen MR) is 60.8 cm³/mol. The minimum atomic E-state index is -1.28. The first-order valence-corrected chi connectivity index (χ1v) is 4.94. The van der Waals surface area contributed by atoms with E-state index in [1.807, 2.05) is 0 Å². The number of nitrogens with two attached hydrogens (primary N) is 1. The first-order valence-electron chi connectivity index (χ1n) is 4.94. The summed E-state index contributed by atoms with van der Waals surface area (Å²) < 4.78 is 5.06. The maximum absolute atomic E-state index is 11.6. The zero-order valence-electron chi connectivity index (χ0n) is 9.85. The van der Waals surface area contributed by atoms with E-state index >= 15 is 0 Å². The van der Waals surface area contributed by atoms with Crippen molar-refractivity contribution in [2.24, 2.45) is 0 Å². The third kappa shape index (κ3) is 3.44. The summed E-state index contributed by atoms with van der Waals surface area (Å²) in [6.45, 7) is 5.13. The molecule has 0 fully saturated rings. The Hall–Kier alpha value is -2.11. The fourth-order valence-corrected chi connectivity index (χ4v) is 1.09. The van der Waals surface area contributed by atoms with E-state index in [0.29, 0.717) is 0 Å². The number of hydrogen-bond donors (Lipinski definition) is 2. The lowest BCUT2D eigenvalue weighted by Gasteiger charge is -2.19. The highest BCUT2D eigenvalue weighted by Crippen LogP contribution is 2.14. The molecule has 0 aliphatic rings. The second kappa shape index (κ2) is 4.40. The van der Waals surface area contributed by atoms with Gasteiger partial charge in [0.1, 0.15) is 11.3 Å². The van der Waals surface area contributed by atoms with Crippen molar-refractivity contribution in [2.75, 3.05) is 5.73 Å². The zero-order valence-corrected chi connectivity index (χ0v) is 9.85. The quantitative estimate of drug-likeness (QED) is 0.753. The van der Waals surface area contributed by atoms with Gasteiger partial charge in [-0.15, -0.1) is 0 Å². The van der Waals surface area contributed by atoms with Crippen LogP contribution in [0, 0.1) is 0 Å². The third-order valence-corrected chi connectivity index (χ3v) is 1.74. The van der Waals surface area contributed by atoms with Crippen molar-refractivity contribution >= 4 is 17.6 Å². The van der Waals surface area contributed by atoms with E-state index in [2.05, 4.69) is 4.98 Å². The number of carbonyl (C=O) groups is 2. The Morgan fingerprint density at radius 2 is 1.94 bits per heavy atom. The van der Waals surface area contributed by atoms with Crippen LogP contribution < -0.4 is 5.73 Å². The lowest BCUT2D eigenvalue weighted by Crippen LogP contribution is -2.25. The van der Waals surface area contributed by atoms with Gasteiger partial charge in [-0.05, 0) is 32.9 Å². The van der Waals surface area contributed by atoms with Crippen molar-refractivity contribution in [3.63, 3.8) is 0 Å².